The number of carboxylic acids is 1. The number of esters is 2. The van der Waals surface area contributed by atoms with E-state index in [0.29, 0.717) is 12.8 Å². The fraction of sp³-hybridized carbons (Fsp3) is 0.907. The highest BCUT2D eigenvalue weighted by Crippen LogP contribution is 2.17. The summed E-state index contributed by atoms with van der Waals surface area (Å²) in [7, 11) is 5.43. The van der Waals surface area contributed by atoms with Gasteiger partial charge in [-0.25, -0.2) is 0 Å². The van der Waals surface area contributed by atoms with Crippen LogP contribution in [-0.4, -0.2) is 75.5 Å². The number of carbonyl (C=O) groups excluding carboxylic acids is 3. The first kappa shape index (κ1) is 60.1. The number of unbranched alkanes of at least 4 members (excludes halogenated alkanes) is 33. The van der Waals surface area contributed by atoms with E-state index in [4.69, 9.17) is 14.2 Å². The largest absolute Gasteiger partial charge is 0.544 e. The molecule has 0 aliphatic rings. The fourth-order valence-corrected chi connectivity index (χ4v) is 8.25. The number of aliphatic carboxylic acids is 1. The van der Waals surface area contributed by atoms with Gasteiger partial charge < -0.3 is 28.6 Å². The van der Waals surface area contributed by atoms with Crippen LogP contribution in [0, 0.1) is 0 Å². The molecule has 0 rings (SSSR count). The van der Waals surface area contributed by atoms with Crippen LogP contribution in [0.5, 0.6) is 0 Å². The van der Waals surface area contributed by atoms with Crippen LogP contribution in [0.1, 0.15) is 264 Å². The van der Waals surface area contributed by atoms with Gasteiger partial charge in [0.05, 0.1) is 40.3 Å². The van der Waals surface area contributed by atoms with Crippen LogP contribution in [-0.2, 0) is 28.6 Å². The Morgan fingerprint density at radius 3 is 1.16 bits per heavy atom. The molecule has 0 saturated carbocycles. The Morgan fingerprint density at radius 2 is 0.806 bits per heavy atom. The number of hydrogen-bond acceptors (Lipinski definition) is 7. The van der Waals surface area contributed by atoms with E-state index in [-0.39, 0.29) is 42.7 Å². The first-order valence-electron chi connectivity index (χ1n) is 26.7. The Bertz CT molecular complexity index is 1020. The van der Waals surface area contributed by atoms with Crippen LogP contribution in [0.3, 0.4) is 0 Å². The molecule has 0 aromatic carbocycles. The Morgan fingerprint density at radius 1 is 0.468 bits per heavy atom. The van der Waals surface area contributed by atoms with E-state index in [1.807, 2.05) is 21.1 Å². The summed E-state index contributed by atoms with van der Waals surface area (Å²) in [5.41, 5.74) is 0. The second kappa shape index (κ2) is 45.6. The molecule has 2 unspecified atom stereocenters. The molecule has 0 aromatic rings. The van der Waals surface area contributed by atoms with Crippen LogP contribution in [0.25, 0.3) is 0 Å². The molecule has 0 aliphatic heterocycles. The normalized spacial score (nSPS) is 12.9. The van der Waals surface area contributed by atoms with Crippen LogP contribution < -0.4 is 5.11 Å². The highest BCUT2D eigenvalue weighted by atomic mass is 16.6. The number of nitrogens with zero attached hydrogens (tertiary/aromatic N) is 1. The molecule has 0 fully saturated rings. The predicted molar refractivity (Wildman–Crippen MR) is 259 cm³/mol. The Labute approximate surface area is 384 Å². The summed E-state index contributed by atoms with van der Waals surface area (Å²) in [6.45, 7) is 4.71. The molecule has 0 N–H and O–H groups in total. The zero-order chi connectivity index (χ0) is 45.6. The van der Waals surface area contributed by atoms with E-state index in [0.717, 1.165) is 38.5 Å². The van der Waals surface area contributed by atoms with Crippen molar-refractivity contribution in [3.8, 4) is 0 Å². The number of quaternary nitrogens is 1. The van der Waals surface area contributed by atoms with Crippen molar-refractivity contribution in [1.82, 2.24) is 0 Å². The van der Waals surface area contributed by atoms with Crippen LogP contribution >= 0.6 is 0 Å². The van der Waals surface area contributed by atoms with Crippen LogP contribution in [0.2, 0.25) is 0 Å². The topological polar surface area (TPSA) is 102 Å². The van der Waals surface area contributed by atoms with Crippen LogP contribution in [0.15, 0.2) is 12.2 Å². The third kappa shape index (κ3) is 43.3. The second-order valence-electron chi connectivity index (χ2n) is 19.5. The van der Waals surface area contributed by atoms with Crippen LogP contribution in [0.4, 0.5) is 0 Å². The third-order valence-electron chi connectivity index (χ3n) is 12.4. The molecule has 0 radical (unpaired) electrons. The minimum absolute atomic E-state index is 0.0458. The number of allylic oxidation sites excluding steroid dienone is 2. The molecule has 0 aliphatic carbocycles. The molecule has 2 atom stereocenters. The van der Waals surface area contributed by atoms with E-state index in [2.05, 4.69) is 26.0 Å². The Balaban J connectivity index is 4.18. The van der Waals surface area contributed by atoms with Gasteiger partial charge in [0.15, 0.2) is 6.10 Å². The lowest BCUT2D eigenvalue weighted by Gasteiger charge is -2.34. The van der Waals surface area contributed by atoms with E-state index in [1.165, 1.54) is 193 Å². The SMILES string of the molecule is CCCCCCCCCCCC/C=C/CCCCCCCCCC(=O)OCC(COCCC(C(=O)[O-])[N+](C)(C)C)OC(=O)CCCCCCCCCCCCCCCCCCC. The number of hydrogen-bond donors (Lipinski definition) is 0. The lowest BCUT2D eigenvalue weighted by Crippen LogP contribution is -2.55. The highest BCUT2D eigenvalue weighted by molar-refractivity contribution is 5.70. The lowest BCUT2D eigenvalue weighted by molar-refractivity contribution is -0.889. The van der Waals surface area contributed by atoms with Crippen molar-refractivity contribution in [3.05, 3.63) is 12.2 Å². The monoisotopic (exact) mass is 878 g/mol. The van der Waals surface area contributed by atoms with Crippen molar-refractivity contribution in [2.75, 3.05) is 41.0 Å². The van der Waals surface area contributed by atoms with Gasteiger partial charge in [-0.1, -0.05) is 219 Å². The third-order valence-corrected chi connectivity index (χ3v) is 12.4. The van der Waals surface area contributed by atoms with Gasteiger partial charge in [0.2, 0.25) is 0 Å². The Kier molecular flexibility index (Phi) is 44.2. The summed E-state index contributed by atoms with van der Waals surface area (Å²) in [4.78, 5) is 37.0. The molecule has 366 valence electrons. The number of carboxylic acid groups (broad SMARTS) is 1. The number of ether oxygens (including phenoxy) is 3. The molecule has 0 aromatic heterocycles. The van der Waals surface area contributed by atoms with E-state index in [9.17, 15) is 19.5 Å². The average molecular weight is 878 g/mol. The van der Waals surface area contributed by atoms with Crippen molar-refractivity contribution in [2.24, 2.45) is 0 Å². The van der Waals surface area contributed by atoms with Gasteiger partial charge >= 0.3 is 11.9 Å². The summed E-state index contributed by atoms with van der Waals surface area (Å²) in [6.07, 6.45) is 51.0. The highest BCUT2D eigenvalue weighted by Gasteiger charge is 2.25. The smallest absolute Gasteiger partial charge is 0.306 e. The molecule has 0 bridgehead atoms. The van der Waals surface area contributed by atoms with Gasteiger partial charge in [-0.3, -0.25) is 9.59 Å². The van der Waals surface area contributed by atoms with Crippen molar-refractivity contribution in [2.45, 2.75) is 276 Å². The standard InChI is InChI=1S/C54H103NO7/c1-6-8-10-12-14-16-18-20-22-24-25-26-27-29-30-32-34-36-38-40-42-44-52(56)61-49-50(48-60-47-46-51(54(58)59)55(3,4)5)62-53(57)45-43-41-39-37-35-33-31-28-23-21-19-17-15-13-11-9-7-2/h26-27,50-51H,6-25,28-49H2,1-5H3/b27-26+. The first-order valence-corrected chi connectivity index (χ1v) is 26.7. The summed E-state index contributed by atoms with van der Waals surface area (Å²) >= 11 is 0. The Hall–Kier alpha value is -1.93. The zero-order valence-corrected chi connectivity index (χ0v) is 41.8. The molecule has 8 heteroatoms. The van der Waals surface area contributed by atoms with Crippen molar-refractivity contribution in [1.29, 1.82) is 0 Å². The van der Waals surface area contributed by atoms with Gasteiger partial charge in [0.25, 0.3) is 0 Å². The zero-order valence-electron chi connectivity index (χ0n) is 41.8. The van der Waals surface area contributed by atoms with Gasteiger partial charge in [0, 0.05) is 19.3 Å². The maximum absolute atomic E-state index is 12.8. The summed E-state index contributed by atoms with van der Waals surface area (Å²) in [6, 6.07) is -0.723. The molecule has 0 heterocycles. The molecule has 0 saturated heterocycles. The van der Waals surface area contributed by atoms with E-state index < -0.39 is 18.1 Å². The summed E-state index contributed by atoms with van der Waals surface area (Å²) in [5, 5.41) is 11.7. The molecule has 62 heavy (non-hydrogen) atoms. The van der Waals surface area contributed by atoms with Crippen molar-refractivity contribution >= 4 is 17.9 Å². The molecular formula is C54H103NO7. The maximum Gasteiger partial charge on any atom is 0.306 e. The molecular weight excluding hydrogens is 775 g/mol. The summed E-state index contributed by atoms with van der Waals surface area (Å²) in [5.74, 6) is -1.72. The number of likely N-dealkylation sites (N-methyl/N-ethyl adjacent to an activating group) is 1. The van der Waals surface area contributed by atoms with Crippen molar-refractivity contribution < 1.29 is 38.2 Å². The fourth-order valence-electron chi connectivity index (χ4n) is 8.25. The predicted octanol–water partition coefficient (Wildman–Crippen LogP) is 14.1. The maximum atomic E-state index is 12.8. The quantitative estimate of drug-likeness (QED) is 0.0260. The molecule has 0 spiro atoms. The number of rotatable bonds is 49. The minimum atomic E-state index is -1.12. The number of carbonyl (C=O) groups is 3. The first-order chi connectivity index (χ1) is 30.1. The molecule has 8 nitrogen and oxygen atoms in total. The summed E-state index contributed by atoms with van der Waals surface area (Å²) < 4.78 is 17.3. The lowest BCUT2D eigenvalue weighted by atomic mass is 10.0. The van der Waals surface area contributed by atoms with Gasteiger partial charge in [-0.15, -0.1) is 0 Å². The van der Waals surface area contributed by atoms with Crippen molar-refractivity contribution in [3.63, 3.8) is 0 Å². The average Bonchev–Trinajstić information content (AvgIpc) is 3.23. The molecule has 0 amide bonds. The van der Waals surface area contributed by atoms with Gasteiger partial charge in [-0.05, 0) is 38.5 Å². The minimum Gasteiger partial charge on any atom is -0.544 e. The van der Waals surface area contributed by atoms with Gasteiger partial charge in [-0.2, -0.15) is 0 Å². The van der Waals surface area contributed by atoms with E-state index >= 15 is 0 Å². The van der Waals surface area contributed by atoms with Gasteiger partial charge in [0.1, 0.15) is 12.6 Å². The second-order valence-corrected chi connectivity index (χ2v) is 19.5. The van der Waals surface area contributed by atoms with E-state index in [1.54, 1.807) is 0 Å².